The Morgan fingerprint density at radius 2 is 1.38 bits per heavy atom. The molecule has 0 unspecified atom stereocenters. The Morgan fingerprint density at radius 3 is 2.00 bits per heavy atom. The van der Waals surface area contributed by atoms with Crippen molar-refractivity contribution in [3.63, 3.8) is 0 Å². The van der Waals surface area contributed by atoms with Crippen molar-refractivity contribution in [3.05, 3.63) is 31.2 Å². The SMILES string of the molecule is [CH2]CCCC=CCC=CCCCCCCC. The molecule has 0 heterocycles. The van der Waals surface area contributed by atoms with Crippen LogP contribution in [0.4, 0.5) is 0 Å². The third-order valence-corrected chi connectivity index (χ3v) is 2.70. The largest absolute Gasteiger partial charge is 0.0882 e. The van der Waals surface area contributed by atoms with Crippen LogP contribution in [-0.2, 0) is 0 Å². The normalized spacial score (nSPS) is 11.9. The fourth-order valence-corrected chi connectivity index (χ4v) is 1.63. The first-order valence-electron chi connectivity index (χ1n) is 7.01. The van der Waals surface area contributed by atoms with E-state index in [1.165, 1.54) is 51.4 Å². The summed E-state index contributed by atoms with van der Waals surface area (Å²) in [7, 11) is 0. The molecule has 0 saturated heterocycles. The summed E-state index contributed by atoms with van der Waals surface area (Å²) in [5.74, 6) is 0. The van der Waals surface area contributed by atoms with Gasteiger partial charge in [0.25, 0.3) is 0 Å². The molecule has 0 aliphatic heterocycles. The minimum Gasteiger partial charge on any atom is -0.0882 e. The summed E-state index contributed by atoms with van der Waals surface area (Å²) < 4.78 is 0. The van der Waals surface area contributed by atoms with E-state index in [1.54, 1.807) is 0 Å². The molecule has 1 radical (unpaired) electrons. The average Bonchev–Trinajstić information content (AvgIpc) is 2.31. The Hall–Kier alpha value is -0.520. The van der Waals surface area contributed by atoms with Crippen molar-refractivity contribution >= 4 is 0 Å². The summed E-state index contributed by atoms with van der Waals surface area (Å²) in [5, 5.41) is 0. The van der Waals surface area contributed by atoms with E-state index in [0.29, 0.717) is 0 Å². The maximum atomic E-state index is 3.83. The lowest BCUT2D eigenvalue weighted by atomic mass is 10.1. The van der Waals surface area contributed by atoms with Crippen LogP contribution in [0.25, 0.3) is 0 Å². The van der Waals surface area contributed by atoms with Crippen molar-refractivity contribution in [1.82, 2.24) is 0 Å². The lowest BCUT2D eigenvalue weighted by molar-refractivity contribution is 0.637. The van der Waals surface area contributed by atoms with Gasteiger partial charge in [-0.3, -0.25) is 0 Å². The van der Waals surface area contributed by atoms with E-state index in [0.717, 1.165) is 12.8 Å². The van der Waals surface area contributed by atoms with Gasteiger partial charge in [0.2, 0.25) is 0 Å². The van der Waals surface area contributed by atoms with E-state index in [-0.39, 0.29) is 0 Å². The topological polar surface area (TPSA) is 0 Å². The second-order valence-corrected chi connectivity index (χ2v) is 4.38. The summed E-state index contributed by atoms with van der Waals surface area (Å²) in [6.45, 7) is 6.09. The van der Waals surface area contributed by atoms with Gasteiger partial charge < -0.3 is 0 Å². The lowest BCUT2D eigenvalue weighted by Crippen LogP contribution is -1.75. The number of rotatable bonds is 11. The molecule has 16 heavy (non-hydrogen) atoms. The highest BCUT2D eigenvalue weighted by Gasteiger charge is 1.85. The highest BCUT2D eigenvalue weighted by molar-refractivity contribution is 4.92. The molecule has 0 amide bonds. The van der Waals surface area contributed by atoms with Crippen LogP contribution in [0.2, 0.25) is 0 Å². The van der Waals surface area contributed by atoms with Gasteiger partial charge in [0.15, 0.2) is 0 Å². The quantitative estimate of drug-likeness (QED) is 0.303. The minimum atomic E-state index is 1.05. The standard InChI is InChI=1S/C16H29/c1-3-5-7-9-11-13-15-16-14-12-10-8-6-4-2/h9,11,15-16H,1,3-8,10,12-14H2,2H3. The van der Waals surface area contributed by atoms with Crippen LogP contribution < -0.4 is 0 Å². The third-order valence-electron chi connectivity index (χ3n) is 2.70. The Balaban J connectivity index is 3.12. The van der Waals surface area contributed by atoms with Crippen molar-refractivity contribution in [1.29, 1.82) is 0 Å². The first kappa shape index (κ1) is 15.5. The Bertz CT molecular complexity index is 165. The van der Waals surface area contributed by atoms with Gasteiger partial charge in [-0.25, -0.2) is 0 Å². The molecule has 0 fully saturated rings. The first-order valence-corrected chi connectivity index (χ1v) is 7.01. The van der Waals surface area contributed by atoms with E-state index in [2.05, 4.69) is 38.2 Å². The Labute approximate surface area is 103 Å². The highest BCUT2D eigenvalue weighted by atomic mass is 13.9. The van der Waals surface area contributed by atoms with Gasteiger partial charge in [-0.05, 0) is 32.1 Å². The molecule has 0 spiro atoms. The van der Waals surface area contributed by atoms with Gasteiger partial charge in [-0.15, -0.1) is 0 Å². The molecule has 0 heteroatoms. The van der Waals surface area contributed by atoms with Crippen LogP contribution >= 0.6 is 0 Å². The number of hydrogen-bond acceptors (Lipinski definition) is 0. The summed E-state index contributed by atoms with van der Waals surface area (Å²) in [6.07, 6.45) is 21.9. The van der Waals surface area contributed by atoms with Crippen LogP contribution in [-0.4, -0.2) is 0 Å². The smallest absolute Gasteiger partial charge is 0.0169 e. The van der Waals surface area contributed by atoms with Gasteiger partial charge in [0, 0.05) is 0 Å². The monoisotopic (exact) mass is 221 g/mol. The molecule has 0 rings (SSSR count). The molecule has 0 atom stereocenters. The van der Waals surface area contributed by atoms with Crippen LogP contribution in [0.15, 0.2) is 24.3 Å². The minimum absolute atomic E-state index is 1.05. The predicted molar refractivity (Wildman–Crippen MR) is 75.5 cm³/mol. The maximum Gasteiger partial charge on any atom is -0.0169 e. The molecule has 0 aromatic carbocycles. The summed E-state index contributed by atoms with van der Waals surface area (Å²) in [5.41, 5.74) is 0. The van der Waals surface area contributed by atoms with Gasteiger partial charge in [-0.1, -0.05) is 70.3 Å². The van der Waals surface area contributed by atoms with Crippen LogP contribution in [0.3, 0.4) is 0 Å². The zero-order valence-corrected chi connectivity index (χ0v) is 11.1. The van der Waals surface area contributed by atoms with Gasteiger partial charge in [0.1, 0.15) is 0 Å². The summed E-state index contributed by atoms with van der Waals surface area (Å²) in [4.78, 5) is 0. The van der Waals surface area contributed by atoms with Crippen molar-refractivity contribution in [3.8, 4) is 0 Å². The number of unbranched alkanes of at least 4 members (excludes halogenated alkanes) is 7. The van der Waals surface area contributed by atoms with Gasteiger partial charge >= 0.3 is 0 Å². The average molecular weight is 221 g/mol. The first-order chi connectivity index (χ1) is 7.91. The second kappa shape index (κ2) is 14.5. The molecule has 93 valence electrons. The Kier molecular flexibility index (Phi) is 14.0. The molecule has 0 N–H and O–H groups in total. The van der Waals surface area contributed by atoms with Crippen LogP contribution in [0, 0.1) is 6.92 Å². The number of allylic oxidation sites excluding steroid dienone is 4. The summed E-state index contributed by atoms with van der Waals surface area (Å²) in [6, 6.07) is 0. The van der Waals surface area contributed by atoms with Crippen molar-refractivity contribution < 1.29 is 0 Å². The van der Waals surface area contributed by atoms with Crippen molar-refractivity contribution in [2.24, 2.45) is 0 Å². The molecular formula is C16H29. The molecule has 0 saturated carbocycles. The van der Waals surface area contributed by atoms with Gasteiger partial charge in [0.05, 0.1) is 0 Å². The molecule has 0 aromatic rings. The molecule has 0 nitrogen and oxygen atoms in total. The van der Waals surface area contributed by atoms with Crippen molar-refractivity contribution in [2.45, 2.75) is 71.1 Å². The van der Waals surface area contributed by atoms with E-state index in [1.807, 2.05) is 0 Å². The highest BCUT2D eigenvalue weighted by Crippen LogP contribution is 2.05. The predicted octanol–water partition coefficient (Wildman–Crippen LogP) is 5.85. The zero-order valence-electron chi connectivity index (χ0n) is 11.1. The fourth-order valence-electron chi connectivity index (χ4n) is 1.63. The van der Waals surface area contributed by atoms with Crippen LogP contribution in [0.1, 0.15) is 71.1 Å². The van der Waals surface area contributed by atoms with E-state index < -0.39 is 0 Å². The Morgan fingerprint density at radius 1 is 0.750 bits per heavy atom. The molecular weight excluding hydrogens is 192 g/mol. The number of hydrogen-bond donors (Lipinski definition) is 0. The third kappa shape index (κ3) is 13.5. The van der Waals surface area contributed by atoms with E-state index >= 15 is 0 Å². The molecule has 0 aliphatic carbocycles. The molecule has 0 bridgehead atoms. The fraction of sp³-hybridized carbons (Fsp3) is 0.688. The zero-order chi connectivity index (χ0) is 11.9. The maximum absolute atomic E-state index is 3.83. The van der Waals surface area contributed by atoms with E-state index in [4.69, 9.17) is 0 Å². The summed E-state index contributed by atoms with van der Waals surface area (Å²) >= 11 is 0. The van der Waals surface area contributed by atoms with Crippen molar-refractivity contribution in [2.75, 3.05) is 0 Å². The molecule has 0 aliphatic rings. The van der Waals surface area contributed by atoms with Gasteiger partial charge in [-0.2, -0.15) is 0 Å². The van der Waals surface area contributed by atoms with Crippen LogP contribution in [0.5, 0.6) is 0 Å². The second-order valence-electron chi connectivity index (χ2n) is 4.38. The van der Waals surface area contributed by atoms with E-state index in [9.17, 15) is 0 Å². The lowest BCUT2D eigenvalue weighted by Gasteiger charge is -1.95. The molecule has 0 aromatic heterocycles.